The molecule has 1 fully saturated rings. The summed E-state index contributed by atoms with van der Waals surface area (Å²) in [6.45, 7) is 8.25. The first-order chi connectivity index (χ1) is 8.58. The van der Waals surface area contributed by atoms with E-state index in [9.17, 15) is 4.79 Å². The lowest BCUT2D eigenvalue weighted by Crippen LogP contribution is -2.48. The number of rotatable bonds is 3. The van der Waals surface area contributed by atoms with Gasteiger partial charge < -0.3 is 10.0 Å². The Balaban J connectivity index is 2.05. The maximum Gasteiger partial charge on any atom is 0.337 e. The maximum absolute atomic E-state index is 10.9. The van der Waals surface area contributed by atoms with E-state index < -0.39 is 5.97 Å². The lowest BCUT2D eigenvalue weighted by atomic mass is 10.2. The van der Waals surface area contributed by atoms with Gasteiger partial charge in [0.15, 0.2) is 0 Å². The molecule has 2 rings (SSSR count). The van der Waals surface area contributed by atoms with Crippen molar-refractivity contribution >= 4 is 11.7 Å². The van der Waals surface area contributed by atoms with Crippen LogP contribution >= 0.6 is 0 Å². The van der Waals surface area contributed by atoms with Gasteiger partial charge in [-0.05, 0) is 19.9 Å². The molecule has 0 bridgehead atoms. The molecule has 0 atom stereocenters. The number of pyridine rings is 1. The minimum absolute atomic E-state index is 0.249. The molecule has 1 N–H and O–H groups in total. The van der Waals surface area contributed by atoms with Crippen molar-refractivity contribution in [3.63, 3.8) is 0 Å². The molecule has 0 amide bonds. The average molecular weight is 249 g/mol. The van der Waals surface area contributed by atoms with E-state index >= 15 is 0 Å². The summed E-state index contributed by atoms with van der Waals surface area (Å²) < 4.78 is 0. The first-order valence-corrected chi connectivity index (χ1v) is 6.25. The van der Waals surface area contributed by atoms with Crippen molar-refractivity contribution in [3.8, 4) is 0 Å². The Kier molecular flexibility index (Phi) is 3.81. The summed E-state index contributed by atoms with van der Waals surface area (Å²) in [4.78, 5) is 19.5. The topological polar surface area (TPSA) is 56.7 Å². The summed E-state index contributed by atoms with van der Waals surface area (Å²) in [5.41, 5.74) is 1.15. The Morgan fingerprint density at radius 1 is 1.28 bits per heavy atom. The van der Waals surface area contributed by atoms with E-state index in [4.69, 9.17) is 5.11 Å². The number of piperazine rings is 1. The van der Waals surface area contributed by atoms with Gasteiger partial charge in [-0.15, -0.1) is 0 Å². The number of carboxylic acids is 1. The van der Waals surface area contributed by atoms with Gasteiger partial charge in [0.05, 0.1) is 17.4 Å². The fourth-order valence-electron chi connectivity index (χ4n) is 2.21. The third-order valence-electron chi connectivity index (χ3n) is 3.38. The van der Waals surface area contributed by atoms with Gasteiger partial charge in [0.25, 0.3) is 0 Å². The van der Waals surface area contributed by atoms with Crippen molar-refractivity contribution in [2.24, 2.45) is 0 Å². The largest absolute Gasteiger partial charge is 0.478 e. The van der Waals surface area contributed by atoms with E-state index in [0.29, 0.717) is 6.04 Å². The molecule has 1 aromatic rings. The molecule has 0 aliphatic carbocycles. The highest BCUT2D eigenvalue weighted by Gasteiger charge is 2.19. The van der Waals surface area contributed by atoms with Gasteiger partial charge in [0, 0.05) is 38.4 Å². The van der Waals surface area contributed by atoms with Crippen LogP contribution in [0.4, 0.5) is 5.69 Å². The van der Waals surface area contributed by atoms with Crippen LogP contribution in [0.5, 0.6) is 0 Å². The average Bonchev–Trinajstić information content (AvgIpc) is 2.39. The molecule has 18 heavy (non-hydrogen) atoms. The molecule has 1 aliphatic rings. The van der Waals surface area contributed by atoms with E-state index in [0.717, 1.165) is 31.9 Å². The summed E-state index contributed by atoms with van der Waals surface area (Å²) in [5, 5.41) is 8.96. The summed E-state index contributed by atoms with van der Waals surface area (Å²) >= 11 is 0. The molecular formula is C13H19N3O2. The van der Waals surface area contributed by atoms with E-state index in [1.165, 1.54) is 6.20 Å². The third-order valence-corrected chi connectivity index (χ3v) is 3.38. The molecule has 0 unspecified atom stereocenters. The van der Waals surface area contributed by atoms with Crippen molar-refractivity contribution in [2.45, 2.75) is 19.9 Å². The molecule has 0 spiro atoms. The number of hydrogen-bond donors (Lipinski definition) is 1. The molecule has 1 saturated heterocycles. The highest BCUT2D eigenvalue weighted by Crippen LogP contribution is 2.17. The highest BCUT2D eigenvalue weighted by atomic mass is 16.4. The third kappa shape index (κ3) is 2.79. The number of carbonyl (C=O) groups is 1. The zero-order chi connectivity index (χ0) is 13.1. The van der Waals surface area contributed by atoms with Crippen LogP contribution in [0.3, 0.4) is 0 Å². The molecule has 5 heteroatoms. The van der Waals surface area contributed by atoms with Crippen molar-refractivity contribution < 1.29 is 9.90 Å². The molecule has 98 valence electrons. The Morgan fingerprint density at radius 3 is 2.50 bits per heavy atom. The smallest absolute Gasteiger partial charge is 0.337 e. The fourth-order valence-corrected chi connectivity index (χ4v) is 2.21. The second-order valence-corrected chi connectivity index (χ2v) is 4.85. The second kappa shape index (κ2) is 5.35. The van der Waals surface area contributed by atoms with Gasteiger partial charge in [0.1, 0.15) is 0 Å². The Hall–Kier alpha value is -1.62. The van der Waals surface area contributed by atoms with Crippen LogP contribution in [-0.2, 0) is 0 Å². The van der Waals surface area contributed by atoms with Gasteiger partial charge in [-0.2, -0.15) is 0 Å². The lowest BCUT2D eigenvalue weighted by Gasteiger charge is -2.38. The van der Waals surface area contributed by atoms with Crippen molar-refractivity contribution in [1.29, 1.82) is 0 Å². The van der Waals surface area contributed by atoms with Gasteiger partial charge in [-0.3, -0.25) is 9.88 Å². The van der Waals surface area contributed by atoms with E-state index in [2.05, 4.69) is 28.6 Å². The molecule has 1 aromatic heterocycles. The summed E-state index contributed by atoms with van der Waals surface area (Å²) in [5.74, 6) is -0.926. The monoisotopic (exact) mass is 249 g/mol. The minimum Gasteiger partial charge on any atom is -0.478 e. The molecule has 1 aliphatic heterocycles. The first kappa shape index (κ1) is 12.8. The van der Waals surface area contributed by atoms with Gasteiger partial charge in [-0.1, -0.05) is 0 Å². The zero-order valence-corrected chi connectivity index (χ0v) is 10.8. The highest BCUT2D eigenvalue weighted by molar-refractivity contribution is 5.88. The predicted octanol–water partition coefficient (Wildman–Crippen LogP) is 1.31. The Labute approximate surface area is 107 Å². The first-order valence-electron chi connectivity index (χ1n) is 6.25. The standard InChI is InChI=1S/C13H19N3O2/c1-10(2)15-3-5-16(6-4-15)12-7-11(13(17)18)8-14-9-12/h7-10H,3-6H2,1-2H3,(H,17,18). The summed E-state index contributed by atoms with van der Waals surface area (Å²) in [6, 6.07) is 2.26. The van der Waals surface area contributed by atoms with Gasteiger partial charge in [-0.25, -0.2) is 4.79 Å². The number of aromatic nitrogens is 1. The van der Waals surface area contributed by atoms with Crippen LogP contribution in [0.25, 0.3) is 0 Å². The quantitative estimate of drug-likeness (QED) is 0.875. The zero-order valence-electron chi connectivity index (χ0n) is 10.8. The molecule has 0 saturated carbocycles. The molecule has 0 aromatic carbocycles. The molecule has 2 heterocycles. The SMILES string of the molecule is CC(C)N1CCN(c2cncc(C(=O)O)c2)CC1. The van der Waals surface area contributed by atoms with Crippen LogP contribution in [-0.4, -0.2) is 53.2 Å². The maximum atomic E-state index is 10.9. The number of anilines is 1. The number of hydrogen-bond acceptors (Lipinski definition) is 4. The summed E-state index contributed by atoms with van der Waals surface area (Å²) in [7, 11) is 0. The molecule has 0 radical (unpaired) electrons. The number of nitrogens with zero attached hydrogens (tertiary/aromatic N) is 3. The predicted molar refractivity (Wildman–Crippen MR) is 70.1 cm³/mol. The van der Waals surface area contributed by atoms with Crippen molar-refractivity contribution in [2.75, 3.05) is 31.1 Å². The Morgan fingerprint density at radius 2 is 1.94 bits per heavy atom. The van der Waals surface area contributed by atoms with Crippen LogP contribution < -0.4 is 4.90 Å². The van der Waals surface area contributed by atoms with Crippen LogP contribution in [0.2, 0.25) is 0 Å². The van der Waals surface area contributed by atoms with Gasteiger partial charge in [0.2, 0.25) is 0 Å². The van der Waals surface area contributed by atoms with E-state index in [1.807, 2.05) is 0 Å². The van der Waals surface area contributed by atoms with E-state index in [1.54, 1.807) is 12.3 Å². The van der Waals surface area contributed by atoms with Crippen molar-refractivity contribution in [3.05, 3.63) is 24.0 Å². The van der Waals surface area contributed by atoms with E-state index in [-0.39, 0.29) is 5.56 Å². The number of carboxylic acid groups (broad SMARTS) is 1. The molecular weight excluding hydrogens is 230 g/mol. The van der Waals surface area contributed by atoms with Crippen LogP contribution in [0.15, 0.2) is 18.5 Å². The van der Waals surface area contributed by atoms with Crippen LogP contribution in [0.1, 0.15) is 24.2 Å². The summed E-state index contributed by atoms with van der Waals surface area (Å²) in [6.07, 6.45) is 3.12. The normalized spacial score (nSPS) is 17.2. The minimum atomic E-state index is -0.926. The fraction of sp³-hybridized carbons (Fsp3) is 0.538. The van der Waals surface area contributed by atoms with Gasteiger partial charge >= 0.3 is 5.97 Å². The molecule has 5 nitrogen and oxygen atoms in total. The number of aromatic carboxylic acids is 1. The Bertz CT molecular complexity index is 426. The second-order valence-electron chi connectivity index (χ2n) is 4.85. The van der Waals surface area contributed by atoms with Crippen LogP contribution in [0, 0.1) is 0 Å². The lowest BCUT2D eigenvalue weighted by molar-refractivity contribution is 0.0696. The van der Waals surface area contributed by atoms with Crippen molar-refractivity contribution in [1.82, 2.24) is 9.88 Å².